The Morgan fingerprint density at radius 2 is 1.77 bits per heavy atom. The number of amides is 1. The number of nitrogens with one attached hydrogen (secondary N) is 1. The van der Waals surface area contributed by atoms with Gasteiger partial charge < -0.3 is 5.32 Å². The van der Waals surface area contributed by atoms with E-state index in [0.717, 1.165) is 25.7 Å². The number of piperidine rings is 1. The van der Waals surface area contributed by atoms with Gasteiger partial charge in [0.25, 0.3) is 10.2 Å². The number of nitrogens with zero attached hydrogens (tertiary/aromatic N) is 2. The molecule has 22 heavy (non-hydrogen) atoms. The first-order chi connectivity index (χ1) is 10.5. The molecule has 1 atom stereocenters. The number of hydrogen-bond donors (Lipinski definition) is 1. The molecule has 2 fully saturated rings. The van der Waals surface area contributed by atoms with Crippen molar-refractivity contribution in [2.45, 2.75) is 58.4 Å². The highest BCUT2D eigenvalue weighted by atomic mass is 32.2. The Balaban J connectivity index is 1.97. The molecule has 0 spiro atoms. The van der Waals surface area contributed by atoms with Crippen LogP contribution in [-0.4, -0.2) is 55.2 Å². The lowest BCUT2D eigenvalue weighted by Crippen LogP contribution is -2.51. The zero-order chi connectivity index (χ0) is 16.2. The van der Waals surface area contributed by atoms with E-state index in [4.69, 9.17) is 0 Å². The van der Waals surface area contributed by atoms with Crippen LogP contribution in [-0.2, 0) is 15.0 Å². The van der Waals surface area contributed by atoms with Crippen molar-refractivity contribution in [2.75, 3.05) is 26.2 Å². The summed E-state index contributed by atoms with van der Waals surface area (Å²) < 4.78 is 28.1. The van der Waals surface area contributed by atoms with Gasteiger partial charge in [0.1, 0.15) is 0 Å². The van der Waals surface area contributed by atoms with Crippen LogP contribution in [0, 0.1) is 5.92 Å². The minimum absolute atomic E-state index is 0.0337. The van der Waals surface area contributed by atoms with Crippen LogP contribution in [0.3, 0.4) is 0 Å². The summed E-state index contributed by atoms with van der Waals surface area (Å²) in [4.78, 5) is 12.4. The lowest BCUT2D eigenvalue weighted by molar-refractivity contribution is -0.126. The summed E-state index contributed by atoms with van der Waals surface area (Å²) in [6.07, 6.45) is 6.00. The topological polar surface area (TPSA) is 69.7 Å². The van der Waals surface area contributed by atoms with Crippen molar-refractivity contribution in [3.05, 3.63) is 0 Å². The monoisotopic (exact) mass is 331 g/mol. The van der Waals surface area contributed by atoms with E-state index in [9.17, 15) is 13.2 Å². The van der Waals surface area contributed by atoms with Crippen LogP contribution in [0.15, 0.2) is 0 Å². The molecule has 6 nitrogen and oxygen atoms in total. The minimum Gasteiger partial charge on any atom is -0.353 e. The molecular weight excluding hydrogens is 302 g/mol. The maximum atomic E-state index is 12.6. The number of rotatable bonds is 6. The molecule has 1 amide bonds. The van der Waals surface area contributed by atoms with Gasteiger partial charge in [-0.1, -0.05) is 26.7 Å². The smallest absolute Gasteiger partial charge is 0.281 e. The minimum atomic E-state index is -3.43. The number of carbonyl (C=O) groups excluding carboxylic acids is 1. The Morgan fingerprint density at radius 3 is 2.36 bits per heavy atom. The predicted molar refractivity (Wildman–Crippen MR) is 86.5 cm³/mol. The van der Waals surface area contributed by atoms with Crippen LogP contribution < -0.4 is 5.32 Å². The second kappa shape index (κ2) is 7.75. The van der Waals surface area contributed by atoms with E-state index in [1.54, 1.807) is 0 Å². The van der Waals surface area contributed by atoms with E-state index in [0.29, 0.717) is 32.2 Å². The zero-order valence-electron chi connectivity index (χ0n) is 13.8. The number of hydrogen-bond acceptors (Lipinski definition) is 3. The van der Waals surface area contributed by atoms with E-state index in [1.807, 2.05) is 13.8 Å². The van der Waals surface area contributed by atoms with Crippen molar-refractivity contribution in [1.82, 2.24) is 13.9 Å². The van der Waals surface area contributed by atoms with Crippen LogP contribution in [0.25, 0.3) is 0 Å². The average Bonchev–Trinajstić information content (AvgIpc) is 3.01. The van der Waals surface area contributed by atoms with Crippen molar-refractivity contribution < 1.29 is 13.2 Å². The third-order valence-corrected chi connectivity index (χ3v) is 6.97. The fourth-order valence-corrected chi connectivity index (χ4v) is 5.18. The first-order valence-corrected chi connectivity index (χ1v) is 9.94. The molecule has 0 aromatic heterocycles. The SMILES string of the molecule is CCN(CC)S(=O)(=O)N1CCCC(C(=O)NC2CCCC2)C1. The molecule has 1 aliphatic carbocycles. The Labute approximate surface area is 134 Å². The highest BCUT2D eigenvalue weighted by Crippen LogP contribution is 2.23. The first kappa shape index (κ1) is 17.7. The van der Waals surface area contributed by atoms with Crippen molar-refractivity contribution in [3.8, 4) is 0 Å². The van der Waals surface area contributed by atoms with Crippen LogP contribution >= 0.6 is 0 Å². The molecule has 128 valence electrons. The van der Waals surface area contributed by atoms with Gasteiger partial charge >= 0.3 is 0 Å². The van der Waals surface area contributed by atoms with Crippen LogP contribution in [0.5, 0.6) is 0 Å². The van der Waals surface area contributed by atoms with E-state index in [2.05, 4.69) is 5.32 Å². The fraction of sp³-hybridized carbons (Fsp3) is 0.933. The number of carbonyl (C=O) groups is 1. The van der Waals surface area contributed by atoms with Gasteiger partial charge in [-0.2, -0.15) is 17.0 Å². The molecule has 1 heterocycles. The molecule has 0 aromatic carbocycles. The molecule has 1 saturated carbocycles. The molecule has 2 rings (SSSR count). The average molecular weight is 331 g/mol. The summed E-state index contributed by atoms with van der Waals surface area (Å²) in [7, 11) is -3.43. The summed E-state index contributed by atoms with van der Waals surface area (Å²) in [5.41, 5.74) is 0. The van der Waals surface area contributed by atoms with E-state index >= 15 is 0 Å². The van der Waals surface area contributed by atoms with Gasteiger partial charge in [0.2, 0.25) is 5.91 Å². The Bertz CT molecular complexity index is 470. The molecule has 1 N–H and O–H groups in total. The third kappa shape index (κ3) is 4.00. The molecule has 0 bridgehead atoms. The summed E-state index contributed by atoms with van der Waals surface area (Å²) in [5, 5.41) is 3.10. The quantitative estimate of drug-likeness (QED) is 0.798. The lowest BCUT2D eigenvalue weighted by Gasteiger charge is -2.34. The third-order valence-electron chi connectivity index (χ3n) is 4.81. The van der Waals surface area contributed by atoms with Gasteiger partial charge in [0.05, 0.1) is 5.92 Å². The van der Waals surface area contributed by atoms with Gasteiger partial charge in [-0.15, -0.1) is 0 Å². The van der Waals surface area contributed by atoms with Gasteiger partial charge in [-0.3, -0.25) is 4.79 Å². The fourth-order valence-electron chi connectivity index (χ4n) is 3.47. The molecule has 0 aromatic rings. The second-order valence-corrected chi connectivity index (χ2v) is 8.21. The van der Waals surface area contributed by atoms with Crippen LogP contribution in [0.2, 0.25) is 0 Å². The Hall–Kier alpha value is -0.660. The normalized spacial score (nSPS) is 24.8. The summed E-state index contributed by atoms with van der Waals surface area (Å²) in [6, 6.07) is 0.294. The molecule has 7 heteroatoms. The van der Waals surface area contributed by atoms with Crippen molar-refractivity contribution in [3.63, 3.8) is 0 Å². The molecule has 1 saturated heterocycles. The van der Waals surface area contributed by atoms with Crippen molar-refractivity contribution >= 4 is 16.1 Å². The maximum absolute atomic E-state index is 12.6. The van der Waals surface area contributed by atoms with Gasteiger partial charge in [-0.25, -0.2) is 0 Å². The standard InChI is InChI=1S/C15H29N3O3S/c1-3-17(4-2)22(20,21)18-11-7-8-13(12-18)15(19)16-14-9-5-6-10-14/h13-14H,3-12H2,1-2H3,(H,16,19). The molecular formula is C15H29N3O3S. The van der Waals surface area contributed by atoms with Crippen molar-refractivity contribution in [2.24, 2.45) is 5.92 Å². The van der Waals surface area contributed by atoms with Gasteiger partial charge in [-0.05, 0) is 25.7 Å². The largest absolute Gasteiger partial charge is 0.353 e. The predicted octanol–water partition coefficient (Wildman–Crippen LogP) is 1.34. The lowest BCUT2D eigenvalue weighted by atomic mass is 9.98. The van der Waals surface area contributed by atoms with Crippen LogP contribution in [0.4, 0.5) is 0 Å². The Kier molecular flexibility index (Phi) is 6.23. The highest BCUT2D eigenvalue weighted by Gasteiger charge is 2.35. The van der Waals surface area contributed by atoms with Crippen molar-refractivity contribution in [1.29, 1.82) is 0 Å². The van der Waals surface area contributed by atoms with Crippen LogP contribution in [0.1, 0.15) is 52.4 Å². The summed E-state index contributed by atoms with van der Waals surface area (Å²) >= 11 is 0. The summed E-state index contributed by atoms with van der Waals surface area (Å²) in [5.74, 6) is -0.175. The Morgan fingerprint density at radius 1 is 1.14 bits per heavy atom. The molecule has 1 unspecified atom stereocenters. The summed E-state index contributed by atoms with van der Waals surface area (Å²) in [6.45, 7) is 5.45. The maximum Gasteiger partial charge on any atom is 0.281 e. The van der Waals surface area contributed by atoms with E-state index in [1.165, 1.54) is 21.5 Å². The first-order valence-electron chi connectivity index (χ1n) is 8.54. The second-order valence-electron chi connectivity index (χ2n) is 6.28. The van der Waals surface area contributed by atoms with E-state index in [-0.39, 0.29) is 11.8 Å². The molecule has 2 aliphatic rings. The van der Waals surface area contributed by atoms with Gasteiger partial charge in [0, 0.05) is 32.2 Å². The molecule has 0 radical (unpaired) electrons. The van der Waals surface area contributed by atoms with Gasteiger partial charge in [0.15, 0.2) is 0 Å². The zero-order valence-corrected chi connectivity index (χ0v) is 14.6. The highest BCUT2D eigenvalue weighted by molar-refractivity contribution is 7.86. The van der Waals surface area contributed by atoms with E-state index < -0.39 is 10.2 Å². The molecule has 1 aliphatic heterocycles.